The standard InChI is InChI=1S/C13H16ClN5/c14-11-6-5-10(7-12(11)15)13-16-17-18-19(13)8-9-3-1-2-4-9/h5-7,9H,1-4,8,15H2. The lowest BCUT2D eigenvalue weighted by Gasteiger charge is -2.10. The first-order valence-corrected chi connectivity index (χ1v) is 6.93. The zero-order chi connectivity index (χ0) is 13.2. The molecule has 1 fully saturated rings. The molecule has 5 nitrogen and oxygen atoms in total. The maximum Gasteiger partial charge on any atom is 0.182 e. The minimum Gasteiger partial charge on any atom is -0.398 e. The molecule has 0 atom stereocenters. The summed E-state index contributed by atoms with van der Waals surface area (Å²) in [6.45, 7) is 0.880. The first-order chi connectivity index (χ1) is 9.24. The zero-order valence-electron chi connectivity index (χ0n) is 10.6. The average Bonchev–Trinajstić information content (AvgIpc) is 3.05. The normalized spacial score (nSPS) is 16.1. The predicted molar refractivity (Wildman–Crippen MR) is 74.6 cm³/mol. The van der Waals surface area contributed by atoms with Gasteiger partial charge in [0.25, 0.3) is 0 Å². The van der Waals surface area contributed by atoms with Crippen LogP contribution in [0.2, 0.25) is 5.02 Å². The summed E-state index contributed by atoms with van der Waals surface area (Å²) in [5.74, 6) is 1.45. The van der Waals surface area contributed by atoms with E-state index in [1.54, 1.807) is 6.07 Å². The van der Waals surface area contributed by atoms with Gasteiger partial charge in [0.15, 0.2) is 5.82 Å². The Labute approximate surface area is 116 Å². The molecule has 1 aliphatic carbocycles. The molecule has 0 spiro atoms. The van der Waals surface area contributed by atoms with Crippen LogP contribution in [0.25, 0.3) is 11.4 Å². The summed E-state index contributed by atoms with van der Waals surface area (Å²) in [4.78, 5) is 0. The van der Waals surface area contributed by atoms with Crippen molar-refractivity contribution in [1.29, 1.82) is 0 Å². The van der Waals surface area contributed by atoms with Gasteiger partial charge >= 0.3 is 0 Å². The molecule has 2 N–H and O–H groups in total. The number of nitrogens with two attached hydrogens (primary N) is 1. The van der Waals surface area contributed by atoms with Crippen molar-refractivity contribution in [2.75, 3.05) is 5.73 Å². The Morgan fingerprint density at radius 2 is 2.11 bits per heavy atom. The molecule has 0 radical (unpaired) electrons. The second-order valence-electron chi connectivity index (χ2n) is 5.07. The van der Waals surface area contributed by atoms with E-state index in [4.69, 9.17) is 17.3 Å². The van der Waals surface area contributed by atoms with Gasteiger partial charge in [0, 0.05) is 12.1 Å². The van der Waals surface area contributed by atoms with E-state index in [1.165, 1.54) is 25.7 Å². The van der Waals surface area contributed by atoms with Crippen molar-refractivity contribution in [1.82, 2.24) is 20.2 Å². The van der Waals surface area contributed by atoms with Gasteiger partial charge in [-0.15, -0.1) is 5.10 Å². The fourth-order valence-corrected chi connectivity index (χ4v) is 2.77. The highest BCUT2D eigenvalue weighted by atomic mass is 35.5. The van der Waals surface area contributed by atoms with Crippen molar-refractivity contribution in [2.45, 2.75) is 32.2 Å². The van der Waals surface area contributed by atoms with Crippen molar-refractivity contribution < 1.29 is 0 Å². The molecule has 0 saturated heterocycles. The molecular formula is C13H16ClN5. The van der Waals surface area contributed by atoms with E-state index < -0.39 is 0 Å². The average molecular weight is 278 g/mol. The van der Waals surface area contributed by atoms with Crippen LogP contribution >= 0.6 is 11.6 Å². The molecule has 3 rings (SSSR count). The van der Waals surface area contributed by atoms with Crippen LogP contribution in [0.4, 0.5) is 5.69 Å². The topological polar surface area (TPSA) is 69.6 Å². The van der Waals surface area contributed by atoms with Crippen LogP contribution in [-0.4, -0.2) is 20.2 Å². The largest absolute Gasteiger partial charge is 0.398 e. The van der Waals surface area contributed by atoms with Crippen LogP contribution in [-0.2, 0) is 6.54 Å². The lowest BCUT2D eigenvalue weighted by Crippen LogP contribution is -2.10. The summed E-state index contributed by atoms with van der Waals surface area (Å²) in [6.07, 6.45) is 5.16. The van der Waals surface area contributed by atoms with Crippen molar-refractivity contribution in [3.8, 4) is 11.4 Å². The molecular weight excluding hydrogens is 262 g/mol. The van der Waals surface area contributed by atoms with Gasteiger partial charge in [-0.1, -0.05) is 24.4 Å². The predicted octanol–water partition coefficient (Wildman–Crippen LogP) is 2.77. The van der Waals surface area contributed by atoms with E-state index in [-0.39, 0.29) is 0 Å². The van der Waals surface area contributed by atoms with Gasteiger partial charge in [-0.2, -0.15) is 0 Å². The molecule has 19 heavy (non-hydrogen) atoms. The number of benzene rings is 1. The van der Waals surface area contributed by atoms with Gasteiger partial charge in [-0.25, -0.2) is 4.68 Å². The van der Waals surface area contributed by atoms with Gasteiger partial charge in [-0.05, 0) is 47.4 Å². The van der Waals surface area contributed by atoms with Gasteiger partial charge in [-0.3, -0.25) is 0 Å². The third-order valence-electron chi connectivity index (χ3n) is 3.69. The van der Waals surface area contributed by atoms with E-state index in [2.05, 4.69) is 15.5 Å². The minimum absolute atomic E-state index is 0.551. The van der Waals surface area contributed by atoms with Crippen molar-refractivity contribution >= 4 is 17.3 Å². The van der Waals surface area contributed by atoms with Crippen LogP contribution in [0.5, 0.6) is 0 Å². The molecule has 6 heteroatoms. The number of hydrogen-bond acceptors (Lipinski definition) is 4. The molecule has 1 aliphatic rings. The Kier molecular flexibility index (Phi) is 3.38. The second-order valence-corrected chi connectivity index (χ2v) is 5.48. The molecule has 0 aliphatic heterocycles. The number of anilines is 1. The summed E-state index contributed by atoms with van der Waals surface area (Å²) in [6, 6.07) is 5.50. The smallest absolute Gasteiger partial charge is 0.182 e. The third kappa shape index (κ3) is 2.56. The van der Waals surface area contributed by atoms with Gasteiger partial charge in [0.2, 0.25) is 0 Å². The summed E-state index contributed by atoms with van der Waals surface area (Å²) in [7, 11) is 0. The summed E-state index contributed by atoms with van der Waals surface area (Å²) >= 11 is 5.94. The van der Waals surface area contributed by atoms with Crippen LogP contribution in [0.1, 0.15) is 25.7 Å². The van der Waals surface area contributed by atoms with Crippen molar-refractivity contribution in [2.24, 2.45) is 5.92 Å². The molecule has 2 aromatic rings. The number of halogens is 1. The zero-order valence-corrected chi connectivity index (χ0v) is 11.3. The molecule has 100 valence electrons. The lowest BCUT2D eigenvalue weighted by atomic mass is 10.1. The highest BCUT2D eigenvalue weighted by molar-refractivity contribution is 6.33. The van der Waals surface area contributed by atoms with Crippen LogP contribution < -0.4 is 5.73 Å². The maximum atomic E-state index is 5.94. The Morgan fingerprint density at radius 3 is 2.84 bits per heavy atom. The quantitative estimate of drug-likeness (QED) is 0.876. The molecule has 1 saturated carbocycles. The number of aromatic nitrogens is 4. The van der Waals surface area contributed by atoms with Crippen molar-refractivity contribution in [3.63, 3.8) is 0 Å². The highest BCUT2D eigenvalue weighted by Crippen LogP contribution is 2.29. The number of rotatable bonds is 3. The van der Waals surface area contributed by atoms with Crippen LogP contribution in [0.3, 0.4) is 0 Å². The highest BCUT2D eigenvalue weighted by Gasteiger charge is 2.18. The second kappa shape index (κ2) is 5.17. The number of nitrogens with zero attached hydrogens (tertiary/aromatic N) is 4. The molecule has 1 heterocycles. The first kappa shape index (κ1) is 12.4. The molecule has 0 amide bonds. The van der Waals surface area contributed by atoms with E-state index >= 15 is 0 Å². The van der Waals surface area contributed by atoms with Gasteiger partial charge < -0.3 is 5.73 Å². The Bertz CT molecular complexity index is 574. The molecule has 0 bridgehead atoms. The lowest BCUT2D eigenvalue weighted by molar-refractivity contribution is 0.424. The van der Waals surface area contributed by atoms with E-state index in [1.807, 2.05) is 16.8 Å². The Morgan fingerprint density at radius 1 is 1.32 bits per heavy atom. The van der Waals surface area contributed by atoms with Crippen LogP contribution in [0, 0.1) is 5.92 Å². The maximum absolute atomic E-state index is 5.94. The monoisotopic (exact) mass is 277 g/mol. The third-order valence-corrected chi connectivity index (χ3v) is 4.04. The van der Waals surface area contributed by atoms with Gasteiger partial charge in [0.1, 0.15) is 0 Å². The van der Waals surface area contributed by atoms with Gasteiger partial charge in [0.05, 0.1) is 10.7 Å². The van der Waals surface area contributed by atoms with Crippen molar-refractivity contribution in [3.05, 3.63) is 23.2 Å². The number of hydrogen-bond donors (Lipinski definition) is 1. The minimum atomic E-state index is 0.551. The fourth-order valence-electron chi connectivity index (χ4n) is 2.65. The SMILES string of the molecule is Nc1cc(-c2nnnn2CC2CCCC2)ccc1Cl. The van der Waals surface area contributed by atoms with Crippen LogP contribution in [0.15, 0.2) is 18.2 Å². The van der Waals surface area contributed by atoms with E-state index in [9.17, 15) is 0 Å². The van der Waals surface area contributed by atoms with E-state index in [0.717, 1.165) is 17.9 Å². The molecule has 0 unspecified atom stereocenters. The molecule has 1 aromatic carbocycles. The number of tetrazole rings is 1. The number of nitrogen functional groups attached to an aromatic ring is 1. The first-order valence-electron chi connectivity index (χ1n) is 6.55. The summed E-state index contributed by atoms with van der Waals surface area (Å²) < 4.78 is 1.87. The molecule has 1 aromatic heterocycles. The Balaban J connectivity index is 1.87. The fraction of sp³-hybridized carbons (Fsp3) is 0.462. The summed E-state index contributed by atoms with van der Waals surface area (Å²) in [5.41, 5.74) is 7.29. The van der Waals surface area contributed by atoms with E-state index in [0.29, 0.717) is 16.6 Å². The Hall–Kier alpha value is -1.62. The summed E-state index contributed by atoms with van der Waals surface area (Å²) in [5, 5.41) is 12.5.